The van der Waals surface area contributed by atoms with Gasteiger partial charge in [-0.1, -0.05) is 36.5 Å². The highest BCUT2D eigenvalue weighted by Gasteiger charge is 2.11. The van der Waals surface area contributed by atoms with Crippen molar-refractivity contribution in [2.24, 2.45) is 0 Å². The standard InChI is InChI=1S/C13H19Cl2NO3S/c1-3-4-7-20(17,18)16-6-5-10-8-12(15)13(19-2)9-11(10)14/h8-9,16H,3-7H2,1-2H3. The van der Waals surface area contributed by atoms with Crippen LogP contribution < -0.4 is 9.46 Å². The van der Waals surface area contributed by atoms with Crippen LogP contribution in [0.25, 0.3) is 0 Å². The van der Waals surface area contributed by atoms with Gasteiger partial charge < -0.3 is 4.74 Å². The third-order valence-electron chi connectivity index (χ3n) is 2.80. The van der Waals surface area contributed by atoms with Crippen molar-refractivity contribution in [1.29, 1.82) is 0 Å². The van der Waals surface area contributed by atoms with Gasteiger partial charge in [0.1, 0.15) is 5.75 Å². The van der Waals surface area contributed by atoms with Crippen LogP contribution in [0.1, 0.15) is 25.3 Å². The molecule has 0 fully saturated rings. The van der Waals surface area contributed by atoms with Crippen LogP contribution >= 0.6 is 23.2 Å². The second-order valence-corrected chi connectivity index (χ2v) is 7.14. The van der Waals surface area contributed by atoms with E-state index < -0.39 is 10.0 Å². The van der Waals surface area contributed by atoms with Crippen LogP contribution in [0, 0.1) is 0 Å². The van der Waals surface area contributed by atoms with Crippen molar-refractivity contribution in [1.82, 2.24) is 4.72 Å². The first-order chi connectivity index (χ1) is 9.39. The van der Waals surface area contributed by atoms with E-state index in [9.17, 15) is 8.42 Å². The maximum atomic E-state index is 11.6. The Balaban J connectivity index is 2.60. The highest BCUT2D eigenvalue weighted by Crippen LogP contribution is 2.31. The molecule has 0 aliphatic heterocycles. The van der Waals surface area contributed by atoms with E-state index >= 15 is 0 Å². The maximum absolute atomic E-state index is 11.6. The van der Waals surface area contributed by atoms with Gasteiger partial charge in [-0.2, -0.15) is 0 Å². The van der Waals surface area contributed by atoms with Crippen LogP contribution in [-0.2, 0) is 16.4 Å². The van der Waals surface area contributed by atoms with Gasteiger partial charge in [0.2, 0.25) is 10.0 Å². The monoisotopic (exact) mass is 339 g/mol. The molecule has 0 bridgehead atoms. The molecule has 4 nitrogen and oxygen atoms in total. The van der Waals surface area contributed by atoms with Crippen molar-refractivity contribution in [2.45, 2.75) is 26.2 Å². The van der Waals surface area contributed by atoms with Crippen molar-refractivity contribution in [3.63, 3.8) is 0 Å². The fraction of sp³-hybridized carbons (Fsp3) is 0.538. The molecule has 1 aromatic rings. The first-order valence-corrected chi connectivity index (χ1v) is 8.79. The van der Waals surface area contributed by atoms with Crippen molar-refractivity contribution >= 4 is 33.2 Å². The molecule has 0 spiro atoms. The molecule has 7 heteroatoms. The third kappa shape index (κ3) is 5.48. The van der Waals surface area contributed by atoms with Crippen LogP contribution in [0.15, 0.2) is 12.1 Å². The summed E-state index contributed by atoms with van der Waals surface area (Å²) in [5.41, 5.74) is 0.788. The fourth-order valence-corrected chi connectivity index (χ4v) is 3.40. The molecule has 0 aliphatic carbocycles. The minimum atomic E-state index is -3.20. The number of hydrogen-bond donors (Lipinski definition) is 1. The summed E-state index contributed by atoms with van der Waals surface area (Å²) in [7, 11) is -1.69. The molecule has 0 saturated carbocycles. The largest absolute Gasteiger partial charge is 0.495 e. The Morgan fingerprint density at radius 1 is 1.25 bits per heavy atom. The second kappa shape index (κ2) is 8.08. The van der Waals surface area contributed by atoms with Gasteiger partial charge in [-0.25, -0.2) is 13.1 Å². The Hall–Kier alpha value is -0.490. The lowest BCUT2D eigenvalue weighted by Crippen LogP contribution is -2.28. The summed E-state index contributed by atoms with van der Waals surface area (Å²) in [4.78, 5) is 0. The van der Waals surface area contributed by atoms with Crippen molar-refractivity contribution in [2.75, 3.05) is 19.4 Å². The van der Waals surface area contributed by atoms with Gasteiger partial charge >= 0.3 is 0 Å². The predicted octanol–water partition coefficient (Wildman–Crippen LogP) is 3.26. The zero-order chi connectivity index (χ0) is 15.2. The molecule has 1 aromatic carbocycles. The highest BCUT2D eigenvalue weighted by molar-refractivity contribution is 7.89. The van der Waals surface area contributed by atoms with Crippen LogP contribution in [-0.4, -0.2) is 27.8 Å². The number of halogens is 2. The summed E-state index contributed by atoms with van der Waals surface area (Å²) < 4.78 is 30.9. The fourth-order valence-electron chi connectivity index (χ4n) is 1.67. The molecule has 0 aromatic heterocycles. The molecule has 0 heterocycles. The number of sulfonamides is 1. The Morgan fingerprint density at radius 2 is 1.95 bits per heavy atom. The Labute approximate surface area is 130 Å². The first-order valence-electron chi connectivity index (χ1n) is 6.39. The average molecular weight is 340 g/mol. The number of benzene rings is 1. The van der Waals surface area contributed by atoms with E-state index in [2.05, 4.69) is 4.72 Å². The van der Waals surface area contributed by atoms with E-state index in [0.717, 1.165) is 12.0 Å². The number of unbranched alkanes of at least 4 members (excludes halogenated alkanes) is 1. The topological polar surface area (TPSA) is 55.4 Å². The maximum Gasteiger partial charge on any atom is 0.211 e. The third-order valence-corrected chi connectivity index (χ3v) is 4.92. The smallest absolute Gasteiger partial charge is 0.211 e. The quantitative estimate of drug-likeness (QED) is 0.790. The van der Waals surface area contributed by atoms with E-state index in [4.69, 9.17) is 27.9 Å². The number of ether oxygens (including phenoxy) is 1. The van der Waals surface area contributed by atoms with E-state index in [-0.39, 0.29) is 5.75 Å². The lowest BCUT2D eigenvalue weighted by atomic mass is 10.1. The predicted molar refractivity (Wildman–Crippen MR) is 83.4 cm³/mol. The highest BCUT2D eigenvalue weighted by atomic mass is 35.5. The summed E-state index contributed by atoms with van der Waals surface area (Å²) in [6, 6.07) is 3.33. The van der Waals surface area contributed by atoms with Gasteiger partial charge in [-0.3, -0.25) is 0 Å². The first kappa shape index (κ1) is 17.6. The van der Waals surface area contributed by atoms with E-state index in [1.165, 1.54) is 7.11 Å². The number of rotatable bonds is 8. The van der Waals surface area contributed by atoms with Crippen molar-refractivity contribution in [3.8, 4) is 5.75 Å². The van der Waals surface area contributed by atoms with E-state index in [1.807, 2.05) is 6.92 Å². The van der Waals surface area contributed by atoms with Gasteiger partial charge in [0.15, 0.2) is 0 Å². The summed E-state index contributed by atoms with van der Waals surface area (Å²) >= 11 is 12.1. The Morgan fingerprint density at radius 3 is 2.55 bits per heavy atom. The van der Waals surface area contributed by atoms with Gasteiger partial charge in [-0.05, 0) is 24.5 Å². The summed E-state index contributed by atoms with van der Waals surface area (Å²) in [6.45, 7) is 2.25. The minimum absolute atomic E-state index is 0.153. The van der Waals surface area contributed by atoms with Crippen molar-refractivity contribution < 1.29 is 13.2 Å². The number of methoxy groups -OCH3 is 1. The van der Waals surface area contributed by atoms with Crippen molar-refractivity contribution in [3.05, 3.63) is 27.7 Å². The van der Waals surface area contributed by atoms with Crippen LogP contribution in [0.5, 0.6) is 5.75 Å². The molecule has 114 valence electrons. The molecule has 0 unspecified atom stereocenters. The average Bonchev–Trinajstić information content (AvgIpc) is 2.40. The normalized spacial score (nSPS) is 11.6. The second-order valence-electron chi connectivity index (χ2n) is 4.39. The molecular weight excluding hydrogens is 321 g/mol. The molecule has 0 atom stereocenters. The zero-order valence-corrected chi connectivity index (χ0v) is 13.9. The van der Waals surface area contributed by atoms with Crippen LogP contribution in [0.2, 0.25) is 10.0 Å². The van der Waals surface area contributed by atoms with Gasteiger partial charge in [0.05, 0.1) is 17.9 Å². The lowest BCUT2D eigenvalue weighted by Gasteiger charge is -2.10. The van der Waals surface area contributed by atoms with E-state index in [1.54, 1.807) is 12.1 Å². The summed E-state index contributed by atoms with van der Waals surface area (Å²) in [5.74, 6) is 0.657. The molecule has 1 rings (SSSR count). The van der Waals surface area contributed by atoms with Crippen LogP contribution in [0.3, 0.4) is 0 Å². The SMILES string of the molecule is CCCCS(=O)(=O)NCCc1cc(Cl)c(OC)cc1Cl. The molecule has 20 heavy (non-hydrogen) atoms. The molecule has 0 amide bonds. The zero-order valence-electron chi connectivity index (χ0n) is 11.6. The van der Waals surface area contributed by atoms with Gasteiger partial charge in [0, 0.05) is 17.6 Å². The number of nitrogens with one attached hydrogen (secondary N) is 1. The molecule has 0 radical (unpaired) electrons. The van der Waals surface area contributed by atoms with Gasteiger partial charge in [-0.15, -0.1) is 0 Å². The molecule has 0 aliphatic rings. The summed E-state index contributed by atoms with van der Waals surface area (Å²) in [5, 5.41) is 0.972. The Kier molecular flexibility index (Phi) is 7.09. The number of hydrogen-bond acceptors (Lipinski definition) is 3. The minimum Gasteiger partial charge on any atom is -0.495 e. The van der Waals surface area contributed by atoms with Gasteiger partial charge in [0.25, 0.3) is 0 Å². The van der Waals surface area contributed by atoms with Crippen LogP contribution in [0.4, 0.5) is 0 Å². The molecular formula is C13H19Cl2NO3S. The molecule has 0 saturated heterocycles. The summed E-state index contributed by atoms with van der Waals surface area (Å²) in [6.07, 6.45) is 1.99. The van der Waals surface area contributed by atoms with E-state index in [0.29, 0.717) is 35.2 Å². The molecule has 1 N–H and O–H groups in total. The Bertz CT molecular complexity index is 547. The lowest BCUT2D eigenvalue weighted by molar-refractivity contribution is 0.415.